The first-order chi connectivity index (χ1) is 6.79. The van der Waals surface area contributed by atoms with Crippen LogP contribution in [0.3, 0.4) is 0 Å². The van der Waals surface area contributed by atoms with E-state index in [-0.39, 0.29) is 0 Å². The van der Waals surface area contributed by atoms with E-state index in [1.807, 2.05) is 0 Å². The van der Waals surface area contributed by atoms with Gasteiger partial charge in [-0.15, -0.1) is 0 Å². The number of methoxy groups -OCH3 is 1. The predicted octanol–water partition coefficient (Wildman–Crippen LogP) is 0.705. The van der Waals surface area contributed by atoms with E-state index in [4.69, 9.17) is 4.74 Å². The summed E-state index contributed by atoms with van der Waals surface area (Å²) in [5.41, 5.74) is 0. The largest absolute Gasteiger partial charge is 0.380 e. The fourth-order valence-electron chi connectivity index (χ4n) is 2.60. The molecule has 0 spiro atoms. The maximum Gasteiger partial charge on any atom is 0.0667 e. The minimum absolute atomic E-state index is 0.338. The molecule has 0 aromatic heterocycles. The van der Waals surface area contributed by atoms with Crippen LogP contribution in [0.25, 0.3) is 0 Å². The minimum atomic E-state index is 0.338. The molecule has 3 heteroatoms. The second-order valence-corrected chi connectivity index (χ2v) is 4.70. The van der Waals surface area contributed by atoms with Crippen molar-refractivity contribution in [3.63, 3.8) is 0 Å². The SMILES string of the molecule is COC(C)CNC1CN2CCC1CC2. The minimum Gasteiger partial charge on any atom is -0.380 e. The third-order valence-electron chi connectivity index (χ3n) is 3.73. The van der Waals surface area contributed by atoms with Gasteiger partial charge < -0.3 is 15.0 Å². The van der Waals surface area contributed by atoms with E-state index in [0.29, 0.717) is 6.10 Å². The van der Waals surface area contributed by atoms with Crippen molar-refractivity contribution in [1.82, 2.24) is 10.2 Å². The van der Waals surface area contributed by atoms with Gasteiger partial charge in [0, 0.05) is 26.2 Å². The first kappa shape index (κ1) is 10.4. The van der Waals surface area contributed by atoms with Gasteiger partial charge >= 0.3 is 0 Å². The van der Waals surface area contributed by atoms with Gasteiger partial charge in [-0.05, 0) is 38.8 Å². The molecule has 3 saturated heterocycles. The molecule has 0 aliphatic carbocycles. The summed E-state index contributed by atoms with van der Waals surface area (Å²) >= 11 is 0. The zero-order chi connectivity index (χ0) is 9.97. The Bertz CT molecular complexity index is 178. The Kier molecular flexibility index (Phi) is 3.42. The highest BCUT2D eigenvalue weighted by molar-refractivity contribution is 4.90. The Balaban J connectivity index is 1.76. The molecule has 3 fully saturated rings. The first-order valence-corrected chi connectivity index (χ1v) is 5.78. The lowest BCUT2D eigenvalue weighted by Crippen LogP contribution is -2.56. The number of ether oxygens (including phenoxy) is 1. The molecule has 3 heterocycles. The molecule has 3 aliphatic heterocycles. The molecule has 3 nitrogen and oxygen atoms in total. The van der Waals surface area contributed by atoms with Gasteiger partial charge in [0.2, 0.25) is 0 Å². The molecule has 3 aliphatic rings. The van der Waals surface area contributed by atoms with Crippen molar-refractivity contribution in [1.29, 1.82) is 0 Å². The molecule has 1 N–H and O–H groups in total. The van der Waals surface area contributed by atoms with Gasteiger partial charge in [0.15, 0.2) is 0 Å². The van der Waals surface area contributed by atoms with Gasteiger partial charge in [-0.2, -0.15) is 0 Å². The summed E-state index contributed by atoms with van der Waals surface area (Å²) in [6, 6.07) is 0.718. The Labute approximate surface area is 86.8 Å². The van der Waals surface area contributed by atoms with E-state index >= 15 is 0 Å². The van der Waals surface area contributed by atoms with Crippen LogP contribution in [0, 0.1) is 5.92 Å². The first-order valence-electron chi connectivity index (χ1n) is 5.78. The summed E-state index contributed by atoms with van der Waals surface area (Å²) < 4.78 is 5.25. The molecule has 0 aromatic rings. The molecule has 14 heavy (non-hydrogen) atoms. The van der Waals surface area contributed by atoms with Crippen molar-refractivity contribution < 1.29 is 4.74 Å². The fraction of sp³-hybridized carbons (Fsp3) is 1.00. The van der Waals surface area contributed by atoms with Crippen LogP contribution in [0.4, 0.5) is 0 Å². The molecular weight excluding hydrogens is 176 g/mol. The summed E-state index contributed by atoms with van der Waals surface area (Å²) in [7, 11) is 1.78. The van der Waals surface area contributed by atoms with Crippen molar-refractivity contribution >= 4 is 0 Å². The van der Waals surface area contributed by atoms with Crippen molar-refractivity contribution in [2.24, 2.45) is 5.92 Å². The van der Waals surface area contributed by atoms with Crippen molar-refractivity contribution in [3.8, 4) is 0 Å². The quantitative estimate of drug-likeness (QED) is 0.720. The van der Waals surface area contributed by atoms with E-state index in [2.05, 4.69) is 17.1 Å². The average Bonchev–Trinajstić information content (AvgIpc) is 2.27. The molecule has 2 bridgehead atoms. The summed E-state index contributed by atoms with van der Waals surface area (Å²) in [5.74, 6) is 0.920. The molecule has 2 atom stereocenters. The van der Waals surface area contributed by atoms with E-state index < -0.39 is 0 Å². The summed E-state index contributed by atoms with van der Waals surface area (Å²) in [6.07, 6.45) is 3.11. The molecule has 0 amide bonds. The highest BCUT2D eigenvalue weighted by Crippen LogP contribution is 2.27. The van der Waals surface area contributed by atoms with Crippen LogP contribution >= 0.6 is 0 Å². The molecular formula is C11H22N2O. The van der Waals surface area contributed by atoms with Gasteiger partial charge in [-0.1, -0.05) is 0 Å². The van der Waals surface area contributed by atoms with E-state index in [1.54, 1.807) is 7.11 Å². The Morgan fingerprint density at radius 3 is 2.64 bits per heavy atom. The van der Waals surface area contributed by atoms with Crippen molar-refractivity contribution in [2.75, 3.05) is 33.3 Å². The van der Waals surface area contributed by atoms with Crippen LogP contribution in [-0.4, -0.2) is 50.3 Å². The zero-order valence-corrected chi connectivity index (χ0v) is 9.33. The van der Waals surface area contributed by atoms with Crippen LogP contribution in [0.15, 0.2) is 0 Å². The van der Waals surface area contributed by atoms with Gasteiger partial charge in [-0.25, -0.2) is 0 Å². The molecule has 0 saturated carbocycles. The number of hydrogen-bond donors (Lipinski definition) is 1. The van der Waals surface area contributed by atoms with E-state index in [0.717, 1.165) is 18.5 Å². The Morgan fingerprint density at radius 1 is 1.43 bits per heavy atom. The lowest BCUT2D eigenvalue weighted by Gasteiger charge is -2.45. The normalized spacial score (nSPS) is 38.6. The highest BCUT2D eigenvalue weighted by atomic mass is 16.5. The number of piperidine rings is 3. The standard InChI is InChI=1S/C11H22N2O/c1-9(14-2)7-12-11-8-13-5-3-10(11)4-6-13/h9-12H,3-8H2,1-2H3. The number of fused-ring (bicyclic) bond motifs is 3. The number of nitrogens with zero attached hydrogens (tertiary/aromatic N) is 1. The predicted molar refractivity (Wildman–Crippen MR) is 57.4 cm³/mol. The third-order valence-corrected chi connectivity index (χ3v) is 3.73. The monoisotopic (exact) mass is 198 g/mol. The smallest absolute Gasteiger partial charge is 0.0667 e. The topological polar surface area (TPSA) is 24.5 Å². The van der Waals surface area contributed by atoms with Crippen molar-refractivity contribution in [2.45, 2.75) is 31.9 Å². The summed E-state index contributed by atoms with van der Waals surface area (Å²) in [6.45, 7) is 7.01. The van der Waals surface area contributed by atoms with E-state index in [9.17, 15) is 0 Å². The average molecular weight is 198 g/mol. The van der Waals surface area contributed by atoms with Gasteiger partial charge in [-0.3, -0.25) is 0 Å². The van der Waals surface area contributed by atoms with Gasteiger partial charge in [0.1, 0.15) is 0 Å². The number of nitrogens with one attached hydrogen (secondary N) is 1. The number of rotatable bonds is 4. The molecule has 82 valence electrons. The lowest BCUT2D eigenvalue weighted by atomic mass is 9.84. The van der Waals surface area contributed by atoms with Crippen LogP contribution in [-0.2, 0) is 4.74 Å². The van der Waals surface area contributed by atoms with E-state index in [1.165, 1.54) is 32.5 Å². The maximum absolute atomic E-state index is 5.25. The van der Waals surface area contributed by atoms with Crippen molar-refractivity contribution in [3.05, 3.63) is 0 Å². The molecule has 0 aromatic carbocycles. The number of hydrogen-bond acceptors (Lipinski definition) is 3. The summed E-state index contributed by atoms with van der Waals surface area (Å²) in [4.78, 5) is 2.58. The lowest BCUT2D eigenvalue weighted by molar-refractivity contribution is 0.0577. The molecule has 3 rings (SSSR count). The van der Waals surface area contributed by atoms with Crippen LogP contribution < -0.4 is 5.32 Å². The maximum atomic E-state index is 5.25. The Morgan fingerprint density at radius 2 is 2.14 bits per heavy atom. The fourth-order valence-corrected chi connectivity index (χ4v) is 2.60. The zero-order valence-electron chi connectivity index (χ0n) is 9.33. The second kappa shape index (κ2) is 4.60. The van der Waals surface area contributed by atoms with Crippen LogP contribution in [0.5, 0.6) is 0 Å². The van der Waals surface area contributed by atoms with Gasteiger partial charge in [0.05, 0.1) is 6.10 Å². The third kappa shape index (κ3) is 2.27. The van der Waals surface area contributed by atoms with Crippen LogP contribution in [0.1, 0.15) is 19.8 Å². The second-order valence-electron chi connectivity index (χ2n) is 4.70. The molecule has 0 radical (unpaired) electrons. The highest BCUT2D eigenvalue weighted by Gasteiger charge is 2.33. The Hall–Kier alpha value is -0.120. The molecule has 2 unspecified atom stereocenters. The van der Waals surface area contributed by atoms with Crippen LogP contribution in [0.2, 0.25) is 0 Å². The summed E-state index contributed by atoms with van der Waals surface area (Å²) in [5, 5.41) is 3.64. The van der Waals surface area contributed by atoms with Gasteiger partial charge in [0.25, 0.3) is 0 Å².